The Bertz CT molecular complexity index is 1010. The first kappa shape index (κ1) is 22.4. The van der Waals surface area contributed by atoms with Gasteiger partial charge in [-0.1, -0.05) is 46.9 Å². The van der Waals surface area contributed by atoms with Crippen LogP contribution in [0.2, 0.25) is 15.1 Å². The van der Waals surface area contributed by atoms with E-state index in [0.717, 1.165) is 24.8 Å². The van der Waals surface area contributed by atoms with Gasteiger partial charge in [0.1, 0.15) is 5.56 Å². The number of nitrogens with one attached hydrogen (secondary N) is 2. The minimum atomic E-state index is -0.907. The third kappa shape index (κ3) is 4.89. The molecule has 0 spiro atoms. The van der Waals surface area contributed by atoms with E-state index in [1.165, 1.54) is 19.2 Å². The molecule has 0 radical (unpaired) electrons. The van der Waals surface area contributed by atoms with Gasteiger partial charge in [0, 0.05) is 15.6 Å². The number of ether oxygens (including phenoxy) is 1. The summed E-state index contributed by atoms with van der Waals surface area (Å²) in [6, 6.07) is 9.70. The van der Waals surface area contributed by atoms with E-state index < -0.39 is 23.3 Å². The first-order valence-electron chi connectivity index (χ1n) is 9.19. The van der Waals surface area contributed by atoms with E-state index in [4.69, 9.17) is 39.5 Å². The maximum atomic E-state index is 12.6. The van der Waals surface area contributed by atoms with Crippen molar-refractivity contribution in [2.24, 2.45) is 0 Å². The summed E-state index contributed by atoms with van der Waals surface area (Å²) in [5.41, 5.74) is 0.349. The van der Waals surface area contributed by atoms with Crippen LogP contribution in [0.3, 0.4) is 0 Å². The molecule has 1 saturated carbocycles. The van der Waals surface area contributed by atoms with Crippen LogP contribution >= 0.6 is 34.8 Å². The zero-order valence-corrected chi connectivity index (χ0v) is 18.3. The predicted molar refractivity (Wildman–Crippen MR) is 116 cm³/mol. The van der Waals surface area contributed by atoms with Crippen molar-refractivity contribution in [1.82, 2.24) is 5.32 Å². The van der Waals surface area contributed by atoms with Crippen molar-refractivity contribution >= 4 is 58.3 Å². The normalized spacial score (nSPS) is 14.4. The Kier molecular flexibility index (Phi) is 6.91. The summed E-state index contributed by atoms with van der Waals surface area (Å²) in [4.78, 5) is 37.1. The Balaban J connectivity index is 1.73. The molecule has 158 valence electrons. The fourth-order valence-corrected chi connectivity index (χ4v) is 4.12. The molecule has 0 bridgehead atoms. The van der Waals surface area contributed by atoms with Gasteiger partial charge in [-0.05, 0) is 55.5 Å². The number of anilines is 1. The van der Waals surface area contributed by atoms with E-state index in [0.29, 0.717) is 16.5 Å². The molecule has 0 aromatic heterocycles. The fraction of sp³-hybridized carbons (Fsp3) is 0.286. The molecule has 1 aliphatic carbocycles. The lowest BCUT2D eigenvalue weighted by molar-refractivity contribution is -0.138. The lowest BCUT2D eigenvalue weighted by Crippen LogP contribution is -2.57. The maximum Gasteiger partial charge on any atom is 0.341 e. The van der Waals surface area contributed by atoms with Crippen molar-refractivity contribution < 1.29 is 19.1 Å². The van der Waals surface area contributed by atoms with E-state index in [2.05, 4.69) is 10.6 Å². The van der Waals surface area contributed by atoms with Crippen molar-refractivity contribution in [3.63, 3.8) is 0 Å². The number of rotatable bonds is 5. The van der Waals surface area contributed by atoms with Crippen molar-refractivity contribution in [2.45, 2.75) is 31.2 Å². The topological polar surface area (TPSA) is 84.5 Å². The molecular weight excluding hydrogens is 451 g/mol. The monoisotopic (exact) mass is 468 g/mol. The second kappa shape index (κ2) is 9.25. The average Bonchev–Trinajstić information content (AvgIpc) is 2.67. The van der Waals surface area contributed by atoms with E-state index >= 15 is 0 Å². The molecule has 2 N–H and O–H groups in total. The lowest BCUT2D eigenvalue weighted by atomic mass is 9.72. The minimum absolute atomic E-state index is 0.0193. The first-order chi connectivity index (χ1) is 14.2. The standard InChI is InChI=1S/C21H19Cl3N2O4/c1-30-20(29)17-14(23)4-2-5-16(17)25-18(27)19(28)26-21(8-3-9-21)11-12-6-7-13(22)10-15(12)24/h2,4-7,10H,3,8-9,11H2,1H3,(H,25,27)(H,26,28). The Hall–Kier alpha value is -2.28. The number of benzene rings is 2. The predicted octanol–water partition coefficient (Wildman–Crippen LogP) is 4.65. The summed E-state index contributed by atoms with van der Waals surface area (Å²) in [6.45, 7) is 0. The third-order valence-electron chi connectivity index (χ3n) is 5.09. The highest BCUT2D eigenvalue weighted by molar-refractivity contribution is 6.41. The van der Waals surface area contributed by atoms with Gasteiger partial charge < -0.3 is 15.4 Å². The molecule has 0 atom stereocenters. The van der Waals surface area contributed by atoms with Crippen LogP contribution in [0.25, 0.3) is 0 Å². The SMILES string of the molecule is COC(=O)c1c(Cl)cccc1NC(=O)C(=O)NC1(Cc2ccc(Cl)cc2Cl)CCC1. The molecule has 1 fully saturated rings. The summed E-state index contributed by atoms with van der Waals surface area (Å²) in [7, 11) is 1.20. The van der Waals surface area contributed by atoms with Gasteiger partial charge in [-0.2, -0.15) is 0 Å². The molecule has 0 heterocycles. The number of hydrogen-bond acceptors (Lipinski definition) is 4. The van der Waals surface area contributed by atoms with Gasteiger partial charge in [0.05, 0.1) is 17.8 Å². The molecule has 30 heavy (non-hydrogen) atoms. The van der Waals surface area contributed by atoms with Gasteiger partial charge in [-0.25, -0.2) is 4.79 Å². The smallest absolute Gasteiger partial charge is 0.341 e. The van der Waals surface area contributed by atoms with Crippen LogP contribution in [-0.4, -0.2) is 30.4 Å². The van der Waals surface area contributed by atoms with Crippen LogP contribution in [0.4, 0.5) is 5.69 Å². The van der Waals surface area contributed by atoms with Gasteiger partial charge in [0.2, 0.25) is 0 Å². The van der Waals surface area contributed by atoms with Crippen LogP contribution in [0.1, 0.15) is 35.2 Å². The fourth-order valence-electron chi connectivity index (χ4n) is 3.39. The van der Waals surface area contributed by atoms with Crippen molar-refractivity contribution in [2.75, 3.05) is 12.4 Å². The Morgan fingerprint density at radius 3 is 2.37 bits per heavy atom. The highest BCUT2D eigenvalue weighted by atomic mass is 35.5. The zero-order chi connectivity index (χ0) is 21.9. The lowest BCUT2D eigenvalue weighted by Gasteiger charge is -2.42. The van der Waals surface area contributed by atoms with E-state index in [1.54, 1.807) is 18.2 Å². The van der Waals surface area contributed by atoms with Gasteiger partial charge in [-0.15, -0.1) is 0 Å². The number of halogens is 3. The molecule has 3 rings (SSSR count). The Morgan fingerprint density at radius 1 is 1.03 bits per heavy atom. The number of carbonyl (C=O) groups excluding carboxylic acids is 3. The van der Waals surface area contributed by atoms with Gasteiger partial charge in [0.25, 0.3) is 0 Å². The number of esters is 1. The minimum Gasteiger partial charge on any atom is -0.465 e. The highest BCUT2D eigenvalue weighted by Gasteiger charge is 2.40. The number of amides is 2. The van der Waals surface area contributed by atoms with Crippen molar-refractivity contribution in [1.29, 1.82) is 0 Å². The van der Waals surface area contributed by atoms with E-state index in [9.17, 15) is 14.4 Å². The van der Waals surface area contributed by atoms with Crippen LogP contribution < -0.4 is 10.6 Å². The molecule has 2 amide bonds. The summed E-state index contributed by atoms with van der Waals surface area (Å²) in [6.07, 6.45) is 2.84. The van der Waals surface area contributed by atoms with Crippen LogP contribution in [0.5, 0.6) is 0 Å². The molecule has 1 aliphatic rings. The van der Waals surface area contributed by atoms with Gasteiger partial charge in [0.15, 0.2) is 0 Å². The van der Waals surface area contributed by atoms with Gasteiger partial charge >= 0.3 is 17.8 Å². The summed E-state index contributed by atoms with van der Waals surface area (Å²) in [5, 5.41) is 6.40. The first-order valence-corrected chi connectivity index (χ1v) is 10.3. The number of hydrogen-bond donors (Lipinski definition) is 2. The average molecular weight is 470 g/mol. The third-order valence-corrected chi connectivity index (χ3v) is 5.99. The Morgan fingerprint density at radius 2 is 1.77 bits per heavy atom. The summed E-state index contributed by atoms with van der Waals surface area (Å²) < 4.78 is 4.70. The molecule has 0 saturated heterocycles. The van der Waals surface area contributed by atoms with E-state index in [1.807, 2.05) is 6.07 Å². The number of methoxy groups -OCH3 is 1. The van der Waals surface area contributed by atoms with Crippen molar-refractivity contribution in [3.8, 4) is 0 Å². The van der Waals surface area contributed by atoms with Crippen LogP contribution in [-0.2, 0) is 20.7 Å². The second-order valence-corrected chi connectivity index (χ2v) is 8.36. The second-order valence-electron chi connectivity index (χ2n) is 7.11. The van der Waals surface area contributed by atoms with Crippen molar-refractivity contribution in [3.05, 3.63) is 62.6 Å². The van der Waals surface area contributed by atoms with Crippen LogP contribution in [0.15, 0.2) is 36.4 Å². The summed E-state index contributed by atoms with van der Waals surface area (Å²) >= 11 is 18.3. The number of carbonyl (C=O) groups is 3. The molecular formula is C21H19Cl3N2O4. The van der Waals surface area contributed by atoms with Gasteiger partial charge in [-0.3, -0.25) is 9.59 Å². The van der Waals surface area contributed by atoms with Crippen LogP contribution in [0, 0.1) is 0 Å². The highest BCUT2D eigenvalue weighted by Crippen LogP contribution is 2.37. The molecule has 2 aromatic rings. The summed E-state index contributed by atoms with van der Waals surface area (Å²) in [5.74, 6) is -2.43. The largest absolute Gasteiger partial charge is 0.465 e. The molecule has 0 aliphatic heterocycles. The molecule has 2 aromatic carbocycles. The molecule has 9 heteroatoms. The van der Waals surface area contributed by atoms with E-state index in [-0.39, 0.29) is 16.3 Å². The molecule has 0 unspecified atom stereocenters. The maximum absolute atomic E-state index is 12.6. The zero-order valence-electron chi connectivity index (χ0n) is 16.1. The quantitative estimate of drug-likeness (QED) is 0.493. The molecule has 6 nitrogen and oxygen atoms in total. The Labute approximate surface area is 188 Å².